The average molecular weight is 222 g/mol. The summed E-state index contributed by atoms with van der Waals surface area (Å²) in [5.41, 5.74) is 1.47. The van der Waals surface area contributed by atoms with Crippen molar-refractivity contribution in [2.24, 2.45) is 0 Å². The van der Waals surface area contributed by atoms with Gasteiger partial charge in [0.1, 0.15) is 5.69 Å². The summed E-state index contributed by atoms with van der Waals surface area (Å²) >= 11 is 0. The Kier molecular flexibility index (Phi) is 3.56. The van der Waals surface area contributed by atoms with E-state index in [1.807, 2.05) is 6.92 Å². The third-order valence-corrected chi connectivity index (χ3v) is 2.92. The number of H-pyrrole nitrogens is 1. The molecule has 2 heterocycles. The molecule has 1 saturated heterocycles. The molecule has 1 aromatic heterocycles. The number of nitrogens with one attached hydrogen (secondary N) is 3. The van der Waals surface area contributed by atoms with Crippen molar-refractivity contribution in [2.75, 3.05) is 13.1 Å². The highest BCUT2D eigenvalue weighted by Crippen LogP contribution is 2.04. The summed E-state index contributed by atoms with van der Waals surface area (Å²) in [7, 11) is 0. The first kappa shape index (κ1) is 11.1. The van der Waals surface area contributed by atoms with Crippen molar-refractivity contribution in [3.05, 3.63) is 17.5 Å². The molecular formula is C11H18N4O. The maximum absolute atomic E-state index is 11.7. The van der Waals surface area contributed by atoms with Crippen LogP contribution in [0, 0.1) is 0 Å². The quantitative estimate of drug-likeness (QED) is 0.693. The van der Waals surface area contributed by atoms with Gasteiger partial charge < -0.3 is 10.6 Å². The van der Waals surface area contributed by atoms with Crippen LogP contribution in [0.15, 0.2) is 6.07 Å². The molecule has 1 amide bonds. The van der Waals surface area contributed by atoms with Crippen LogP contribution in [0.5, 0.6) is 0 Å². The summed E-state index contributed by atoms with van der Waals surface area (Å²) in [6.07, 6.45) is 3.20. The van der Waals surface area contributed by atoms with E-state index in [1.54, 1.807) is 6.07 Å². The first-order valence-corrected chi connectivity index (χ1v) is 5.85. The standard InChI is InChI=1S/C11H18N4O/c1-2-8-6-10(15-14-8)11(16)13-7-9-4-3-5-12-9/h6,9,12H,2-5,7H2,1H3,(H,13,16)(H,14,15). The Labute approximate surface area is 95.0 Å². The lowest BCUT2D eigenvalue weighted by Gasteiger charge is -2.10. The van der Waals surface area contributed by atoms with E-state index in [1.165, 1.54) is 6.42 Å². The number of amides is 1. The van der Waals surface area contributed by atoms with Crippen molar-refractivity contribution in [1.29, 1.82) is 0 Å². The van der Waals surface area contributed by atoms with E-state index in [9.17, 15) is 4.79 Å². The lowest BCUT2D eigenvalue weighted by molar-refractivity contribution is 0.0945. The van der Waals surface area contributed by atoms with Crippen LogP contribution in [0.4, 0.5) is 0 Å². The van der Waals surface area contributed by atoms with Crippen LogP contribution in [-0.4, -0.2) is 35.2 Å². The van der Waals surface area contributed by atoms with E-state index >= 15 is 0 Å². The molecule has 0 saturated carbocycles. The van der Waals surface area contributed by atoms with Crippen LogP contribution in [-0.2, 0) is 6.42 Å². The Hall–Kier alpha value is -1.36. The maximum atomic E-state index is 11.7. The van der Waals surface area contributed by atoms with Gasteiger partial charge in [0.2, 0.25) is 0 Å². The Morgan fingerprint density at radius 2 is 2.56 bits per heavy atom. The van der Waals surface area contributed by atoms with Crippen molar-refractivity contribution in [3.8, 4) is 0 Å². The SMILES string of the molecule is CCc1cc(C(=O)NCC2CCCN2)n[nH]1. The minimum absolute atomic E-state index is 0.0929. The highest BCUT2D eigenvalue weighted by molar-refractivity contribution is 5.92. The van der Waals surface area contributed by atoms with Gasteiger partial charge in [-0.05, 0) is 31.9 Å². The molecule has 1 aliphatic rings. The molecule has 5 nitrogen and oxygen atoms in total. The topological polar surface area (TPSA) is 69.8 Å². The predicted molar refractivity (Wildman–Crippen MR) is 61.3 cm³/mol. The number of carbonyl (C=O) groups excluding carboxylic acids is 1. The van der Waals surface area contributed by atoms with Crippen LogP contribution >= 0.6 is 0 Å². The molecule has 1 unspecified atom stereocenters. The summed E-state index contributed by atoms with van der Waals surface area (Å²) in [6.45, 7) is 3.77. The summed E-state index contributed by atoms with van der Waals surface area (Å²) < 4.78 is 0. The van der Waals surface area contributed by atoms with Gasteiger partial charge in [-0.3, -0.25) is 9.89 Å². The van der Waals surface area contributed by atoms with Crippen LogP contribution in [0.3, 0.4) is 0 Å². The normalized spacial score (nSPS) is 19.9. The van der Waals surface area contributed by atoms with Crippen LogP contribution in [0.2, 0.25) is 0 Å². The number of nitrogens with zero attached hydrogens (tertiary/aromatic N) is 1. The molecule has 0 radical (unpaired) electrons. The van der Waals surface area contributed by atoms with E-state index < -0.39 is 0 Å². The zero-order valence-electron chi connectivity index (χ0n) is 9.55. The molecule has 2 rings (SSSR count). The van der Waals surface area contributed by atoms with Gasteiger partial charge in [0.25, 0.3) is 5.91 Å². The number of aryl methyl sites for hydroxylation is 1. The third kappa shape index (κ3) is 2.61. The first-order chi connectivity index (χ1) is 7.79. The van der Waals surface area contributed by atoms with Gasteiger partial charge >= 0.3 is 0 Å². The fraction of sp³-hybridized carbons (Fsp3) is 0.636. The van der Waals surface area contributed by atoms with Crippen molar-refractivity contribution in [2.45, 2.75) is 32.2 Å². The third-order valence-electron chi connectivity index (χ3n) is 2.92. The molecule has 5 heteroatoms. The molecule has 88 valence electrons. The number of aromatic amines is 1. The minimum Gasteiger partial charge on any atom is -0.349 e. The van der Waals surface area contributed by atoms with Crippen LogP contribution in [0.1, 0.15) is 35.9 Å². The molecule has 0 aromatic carbocycles. The highest BCUT2D eigenvalue weighted by atomic mass is 16.1. The smallest absolute Gasteiger partial charge is 0.271 e. The zero-order chi connectivity index (χ0) is 11.4. The highest BCUT2D eigenvalue weighted by Gasteiger charge is 2.16. The Balaban J connectivity index is 1.82. The molecule has 0 aliphatic carbocycles. The monoisotopic (exact) mass is 222 g/mol. The lowest BCUT2D eigenvalue weighted by atomic mass is 10.2. The second-order valence-corrected chi connectivity index (χ2v) is 4.14. The maximum Gasteiger partial charge on any atom is 0.271 e. The zero-order valence-corrected chi connectivity index (χ0v) is 9.55. The lowest BCUT2D eigenvalue weighted by Crippen LogP contribution is -2.37. The van der Waals surface area contributed by atoms with Crippen molar-refractivity contribution in [1.82, 2.24) is 20.8 Å². The Morgan fingerprint density at radius 3 is 3.19 bits per heavy atom. The molecule has 1 atom stereocenters. The van der Waals surface area contributed by atoms with Crippen LogP contribution < -0.4 is 10.6 Å². The minimum atomic E-state index is -0.0929. The molecular weight excluding hydrogens is 204 g/mol. The van der Waals surface area contributed by atoms with E-state index in [0.29, 0.717) is 18.3 Å². The molecule has 1 aromatic rings. The Bertz CT molecular complexity index is 355. The number of rotatable bonds is 4. The molecule has 16 heavy (non-hydrogen) atoms. The number of carbonyl (C=O) groups is 1. The Morgan fingerprint density at radius 1 is 1.69 bits per heavy atom. The summed E-state index contributed by atoms with van der Waals surface area (Å²) in [4.78, 5) is 11.7. The van der Waals surface area contributed by atoms with Crippen molar-refractivity contribution >= 4 is 5.91 Å². The molecule has 3 N–H and O–H groups in total. The van der Waals surface area contributed by atoms with Gasteiger partial charge in [0.05, 0.1) is 0 Å². The van der Waals surface area contributed by atoms with Crippen molar-refractivity contribution in [3.63, 3.8) is 0 Å². The summed E-state index contributed by atoms with van der Waals surface area (Å²) in [5.74, 6) is -0.0929. The van der Waals surface area contributed by atoms with E-state index in [2.05, 4.69) is 20.8 Å². The molecule has 1 fully saturated rings. The van der Waals surface area contributed by atoms with Crippen LogP contribution in [0.25, 0.3) is 0 Å². The van der Waals surface area contributed by atoms with Gasteiger partial charge in [-0.2, -0.15) is 5.10 Å². The second kappa shape index (κ2) is 5.12. The van der Waals surface area contributed by atoms with Gasteiger partial charge in [-0.25, -0.2) is 0 Å². The fourth-order valence-electron chi connectivity index (χ4n) is 1.90. The number of hydrogen-bond donors (Lipinski definition) is 3. The van der Waals surface area contributed by atoms with Gasteiger partial charge in [0, 0.05) is 18.3 Å². The largest absolute Gasteiger partial charge is 0.349 e. The van der Waals surface area contributed by atoms with E-state index in [-0.39, 0.29) is 5.91 Å². The first-order valence-electron chi connectivity index (χ1n) is 5.85. The van der Waals surface area contributed by atoms with Gasteiger partial charge in [0.15, 0.2) is 0 Å². The summed E-state index contributed by atoms with van der Waals surface area (Å²) in [6, 6.07) is 2.23. The number of hydrogen-bond acceptors (Lipinski definition) is 3. The summed E-state index contributed by atoms with van der Waals surface area (Å²) in [5, 5.41) is 13.0. The van der Waals surface area contributed by atoms with Gasteiger partial charge in [-0.1, -0.05) is 6.92 Å². The van der Waals surface area contributed by atoms with Gasteiger partial charge in [-0.15, -0.1) is 0 Å². The molecule has 0 bridgehead atoms. The molecule has 0 spiro atoms. The van der Waals surface area contributed by atoms with Crippen molar-refractivity contribution < 1.29 is 4.79 Å². The average Bonchev–Trinajstić information content (AvgIpc) is 2.96. The fourth-order valence-corrected chi connectivity index (χ4v) is 1.90. The molecule has 1 aliphatic heterocycles. The van der Waals surface area contributed by atoms with E-state index in [4.69, 9.17) is 0 Å². The second-order valence-electron chi connectivity index (χ2n) is 4.14. The number of aromatic nitrogens is 2. The van der Waals surface area contributed by atoms with E-state index in [0.717, 1.165) is 25.1 Å². The predicted octanol–water partition coefficient (Wildman–Crippen LogP) is 0.454.